The van der Waals surface area contributed by atoms with Gasteiger partial charge in [0, 0.05) is 38.5 Å². The van der Waals surface area contributed by atoms with Crippen molar-refractivity contribution in [3.8, 4) is 0 Å². The fourth-order valence-electron chi connectivity index (χ4n) is 5.84. The van der Waals surface area contributed by atoms with Crippen LogP contribution < -0.4 is 10.2 Å². The van der Waals surface area contributed by atoms with Crippen LogP contribution in [-0.2, 0) is 14.9 Å². The van der Waals surface area contributed by atoms with E-state index >= 15 is 8.78 Å². The van der Waals surface area contributed by atoms with Gasteiger partial charge in [0.05, 0.1) is 30.1 Å². The minimum Gasteiger partial charge on any atom is -0.383 e. The van der Waals surface area contributed by atoms with Crippen LogP contribution in [0.4, 0.5) is 33.3 Å². The van der Waals surface area contributed by atoms with Crippen molar-refractivity contribution in [2.45, 2.75) is 43.7 Å². The molecule has 0 saturated heterocycles. The van der Waals surface area contributed by atoms with Crippen molar-refractivity contribution in [3.63, 3.8) is 0 Å². The van der Waals surface area contributed by atoms with Gasteiger partial charge in [-0.2, -0.15) is 18.3 Å². The Morgan fingerprint density at radius 1 is 1.21 bits per heavy atom. The summed E-state index contributed by atoms with van der Waals surface area (Å²) in [7, 11) is 3.52. The molecule has 0 bridgehead atoms. The van der Waals surface area contributed by atoms with E-state index in [1.54, 1.807) is 7.11 Å². The van der Waals surface area contributed by atoms with Gasteiger partial charge in [-0.1, -0.05) is 23.7 Å². The van der Waals surface area contributed by atoms with Crippen LogP contribution in [0.5, 0.6) is 0 Å². The number of carbonyl (C=O) groups is 1. The normalized spacial score (nSPS) is 24.8. The number of ether oxygens (including phenoxy) is 1. The number of anilines is 2. The lowest BCUT2D eigenvalue weighted by Gasteiger charge is -2.28. The van der Waals surface area contributed by atoms with Gasteiger partial charge in [0.25, 0.3) is 5.92 Å². The van der Waals surface area contributed by atoms with Crippen LogP contribution in [0.2, 0.25) is 5.15 Å². The van der Waals surface area contributed by atoms with E-state index in [4.69, 9.17) is 16.3 Å². The fourth-order valence-corrected chi connectivity index (χ4v) is 6.01. The van der Waals surface area contributed by atoms with Crippen molar-refractivity contribution in [2.24, 2.45) is 5.41 Å². The number of benzene rings is 1. The highest BCUT2D eigenvalue weighted by molar-refractivity contribution is 6.29. The minimum atomic E-state index is -4.63. The number of nitrogens with zero attached hydrogens (tertiary/aromatic N) is 5. The van der Waals surface area contributed by atoms with Crippen LogP contribution >= 0.6 is 11.6 Å². The molecule has 1 aliphatic carbocycles. The lowest BCUT2D eigenvalue weighted by molar-refractivity contribution is -0.181. The van der Waals surface area contributed by atoms with E-state index in [2.05, 4.69) is 15.4 Å². The van der Waals surface area contributed by atoms with Crippen LogP contribution in [0.3, 0.4) is 0 Å². The molecule has 0 radical (unpaired) electrons. The molecular weight excluding hydrogens is 583 g/mol. The van der Waals surface area contributed by atoms with E-state index in [1.165, 1.54) is 48.4 Å². The molecule has 42 heavy (non-hydrogen) atoms. The first-order valence-electron chi connectivity index (χ1n) is 13.5. The van der Waals surface area contributed by atoms with Crippen molar-refractivity contribution < 1.29 is 31.5 Å². The van der Waals surface area contributed by atoms with E-state index in [1.807, 2.05) is 11.9 Å². The standard InChI is InChI=1S/C28H32ClF5N6O2/c1-25(28(32,33)34)16-39(19-15-36-21-14-20(29)37-40(21)23(19)25)18-8-6-17(7-9-18)22-26(2,27(22,30)31)24(41)35-10-5-11-38(3)12-13-42-4/h6-9,14-15,22H,5,10-13,16H2,1-4H3,(H,35,41)/t22-,25-,26+/m1/s1. The third-order valence-electron chi connectivity index (χ3n) is 8.59. The lowest BCUT2D eigenvalue weighted by atomic mass is 9.87. The van der Waals surface area contributed by atoms with Crippen molar-refractivity contribution in [3.05, 3.63) is 52.9 Å². The highest BCUT2D eigenvalue weighted by Gasteiger charge is 2.82. The molecular formula is C28H32ClF5N6O2. The molecule has 2 aliphatic rings. The Labute approximate surface area is 244 Å². The number of hydrogen-bond donors (Lipinski definition) is 1. The van der Waals surface area contributed by atoms with Crippen LogP contribution in [0, 0.1) is 5.41 Å². The summed E-state index contributed by atoms with van der Waals surface area (Å²) in [6, 6.07) is 7.24. The average molecular weight is 615 g/mol. The second kappa shape index (κ2) is 10.6. The fraction of sp³-hybridized carbons (Fsp3) is 0.536. The first-order chi connectivity index (χ1) is 19.7. The van der Waals surface area contributed by atoms with E-state index < -0.39 is 41.3 Å². The van der Waals surface area contributed by atoms with Crippen molar-refractivity contribution >= 4 is 34.5 Å². The molecule has 3 heterocycles. The molecule has 2 aromatic heterocycles. The summed E-state index contributed by atoms with van der Waals surface area (Å²) < 4.78 is 79.6. The van der Waals surface area contributed by atoms with Gasteiger partial charge in [0.1, 0.15) is 10.8 Å². The van der Waals surface area contributed by atoms with Crippen molar-refractivity contribution in [1.82, 2.24) is 24.8 Å². The lowest BCUT2D eigenvalue weighted by Crippen LogP contribution is -2.43. The first-order valence-corrected chi connectivity index (χ1v) is 13.9. The SMILES string of the molecule is COCCN(C)CCCNC(=O)[C@]1(C)[C@@H](c2ccc(N3C[C@@](C)(C(F)(F)F)c4c3cnc3cc(Cl)nn43)cc2)C1(F)F. The number of carbonyl (C=O) groups excluding carboxylic acids is 1. The largest absolute Gasteiger partial charge is 0.401 e. The van der Waals surface area contributed by atoms with Crippen LogP contribution in [0.15, 0.2) is 36.5 Å². The number of methoxy groups -OCH3 is 1. The smallest absolute Gasteiger partial charge is 0.383 e. The third-order valence-corrected chi connectivity index (χ3v) is 8.77. The molecule has 5 rings (SSSR count). The molecule has 3 atom stereocenters. The average Bonchev–Trinajstić information content (AvgIpc) is 3.20. The van der Waals surface area contributed by atoms with E-state index in [0.29, 0.717) is 25.3 Å². The second-order valence-electron chi connectivity index (χ2n) is 11.4. The predicted octanol–water partition coefficient (Wildman–Crippen LogP) is 5.18. The van der Waals surface area contributed by atoms with Crippen LogP contribution in [-0.4, -0.2) is 84.4 Å². The van der Waals surface area contributed by atoms with Crippen LogP contribution in [0.1, 0.15) is 37.4 Å². The Kier molecular flexibility index (Phi) is 7.68. The summed E-state index contributed by atoms with van der Waals surface area (Å²) >= 11 is 5.97. The first kappa shape index (κ1) is 30.4. The minimum absolute atomic E-state index is 0.00934. The Bertz CT molecular complexity index is 1480. The van der Waals surface area contributed by atoms with E-state index in [-0.39, 0.29) is 34.3 Å². The molecule has 1 N–H and O–H groups in total. The van der Waals surface area contributed by atoms with Gasteiger partial charge >= 0.3 is 6.18 Å². The number of hydrogen-bond acceptors (Lipinski definition) is 6. The predicted molar refractivity (Wildman–Crippen MR) is 148 cm³/mol. The van der Waals surface area contributed by atoms with Gasteiger partial charge in [-0.25, -0.2) is 18.3 Å². The highest BCUT2D eigenvalue weighted by Crippen LogP contribution is 2.71. The Morgan fingerprint density at radius 2 is 1.90 bits per heavy atom. The van der Waals surface area contributed by atoms with Gasteiger partial charge in [-0.05, 0) is 51.6 Å². The van der Waals surface area contributed by atoms with Crippen molar-refractivity contribution in [1.29, 1.82) is 0 Å². The van der Waals surface area contributed by atoms with Gasteiger partial charge in [0.15, 0.2) is 10.8 Å². The summed E-state index contributed by atoms with van der Waals surface area (Å²) in [4.78, 5) is 20.5. The highest BCUT2D eigenvalue weighted by atomic mass is 35.5. The molecule has 0 unspecified atom stereocenters. The van der Waals surface area contributed by atoms with Gasteiger partial charge in [-0.3, -0.25) is 4.79 Å². The Morgan fingerprint density at radius 3 is 2.55 bits per heavy atom. The van der Waals surface area contributed by atoms with E-state index in [9.17, 15) is 18.0 Å². The molecule has 1 saturated carbocycles. The third kappa shape index (κ3) is 4.79. The molecule has 14 heteroatoms. The molecule has 8 nitrogen and oxygen atoms in total. The van der Waals surface area contributed by atoms with Gasteiger partial charge in [0.2, 0.25) is 5.91 Å². The summed E-state index contributed by atoms with van der Waals surface area (Å²) in [5.74, 6) is -5.37. The summed E-state index contributed by atoms with van der Waals surface area (Å²) in [6.45, 7) is 4.06. The summed E-state index contributed by atoms with van der Waals surface area (Å²) in [5, 5.41) is 6.68. The molecule has 1 fully saturated rings. The van der Waals surface area contributed by atoms with Crippen LogP contribution in [0.25, 0.3) is 5.65 Å². The Balaban J connectivity index is 1.34. The number of likely N-dealkylation sites (N-methyl/N-ethyl adjacent to an activating group) is 1. The zero-order valence-corrected chi connectivity index (χ0v) is 24.4. The number of aromatic nitrogens is 3. The molecule has 1 aliphatic heterocycles. The van der Waals surface area contributed by atoms with Gasteiger partial charge in [-0.15, -0.1) is 0 Å². The maximum atomic E-state index is 15.1. The monoisotopic (exact) mass is 614 g/mol. The number of halogens is 6. The maximum absolute atomic E-state index is 15.1. The maximum Gasteiger partial charge on any atom is 0.401 e. The van der Waals surface area contributed by atoms with E-state index in [0.717, 1.165) is 18.0 Å². The number of nitrogens with one attached hydrogen (secondary N) is 1. The summed E-state index contributed by atoms with van der Waals surface area (Å²) in [6.07, 6.45) is -2.71. The topological polar surface area (TPSA) is 75.0 Å². The molecule has 1 aromatic carbocycles. The zero-order valence-electron chi connectivity index (χ0n) is 23.6. The number of amides is 1. The number of fused-ring (bicyclic) bond motifs is 3. The molecule has 228 valence electrons. The molecule has 1 amide bonds. The summed E-state index contributed by atoms with van der Waals surface area (Å²) in [5.41, 5.74) is -3.40. The Hall–Kier alpha value is -3.03. The zero-order chi connectivity index (χ0) is 30.7. The number of rotatable bonds is 10. The second-order valence-corrected chi connectivity index (χ2v) is 11.8. The number of alkyl halides is 5. The van der Waals surface area contributed by atoms with Gasteiger partial charge < -0.3 is 19.9 Å². The molecule has 0 spiro atoms. The quantitative estimate of drug-likeness (QED) is 0.251. The van der Waals surface area contributed by atoms with Crippen molar-refractivity contribution in [2.75, 3.05) is 51.8 Å². The molecule has 3 aromatic rings.